The van der Waals surface area contributed by atoms with Crippen molar-refractivity contribution in [1.29, 1.82) is 0 Å². The summed E-state index contributed by atoms with van der Waals surface area (Å²) in [6, 6.07) is 4.92. The lowest BCUT2D eigenvalue weighted by Gasteiger charge is -2.16. The van der Waals surface area contributed by atoms with Crippen molar-refractivity contribution in [2.75, 3.05) is 19.5 Å². The van der Waals surface area contributed by atoms with Crippen molar-refractivity contribution in [2.45, 2.75) is 33.0 Å². The van der Waals surface area contributed by atoms with Crippen molar-refractivity contribution in [1.82, 2.24) is 0 Å². The molecule has 0 radical (unpaired) electrons. The lowest BCUT2D eigenvalue weighted by Crippen LogP contribution is -2.21. The number of nitrogens with two attached hydrogens (primary N) is 1. The van der Waals surface area contributed by atoms with E-state index >= 15 is 0 Å². The molecule has 0 aliphatic heterocycles. The molecule has 1 atom stereocenters. The van der Waals surface area contributed by atoms with Crippen LogP contribution in [0, 0.1) is 0 Å². The third-order valence-electron chi connectivity index (χ3n) is 2.30. The fraction of sp³-hybridized carbons (Fsp3) is 0.500. The van der Waals surface area contributed by atoms with Crippen LogP contribution < -0.4 is 10.5 Å². The molecular formula is C14H21NO4. The number of ether oxygens (including phenoxy) is 3. The predicted octanol–water partition coefficient (Wildman–Crippen LogP) is 2.25. The van der Waals surface area contributed by atoms with Crippen LogP contribution in [0.25, 0.3) is 0 Å². The Hall–Kier alpha value is -1.75. The van der Waals surface area contributed by atoms with Crippen LogP contribution in [0.15, 0.2) is 18.2 Å². The Morgan fingerprint density at radius 3 is 2.58 bits per heavy atom. The Balaban J connectivity index is 2.90. The molecule has 0 saturated heterocycles. The summed E-state index contributed by atoms with van der Waals surface area (Å²) in [5, 5.41) is 0. The van der Waals surface area contributed by atoms with E-state index in [4.69, 9.17) is 19.9 Å². The third-order valence-corrected chi connectivity index (χ3v) is 2.30. The standard InChI is InChI=1S/C14H21NO4/c1-9(2)18-13-6-5-11(15)7-12(13)14(16)19-10(3)8-17-4/h5-7,9-10H,8,15H2,1-4H3. The van der Waals surface area contributed by atoms with E-state index in [0.717, 1.165) is 0 Å². The first-order valence-corrected chi connectivity index (χ1v) is 6.20. The van der Waals surface area contributed by atoms with Gasteiger partial charge in [-0.3, -0.25) is 0 Å². The highest BCUT2D eigenvalue weighted by molar-refractivity contribution is 5.93. The van der Waals surface area contributed by atoms with E-state index in [0.29, 0.717) is 23.6 Å². The van der Waals surface area contributed by atoms with Gasteiger partial charge in [-0.05, 0) is 39.0 Å². The zero-order chi connectivity index (χ0) is 14.4. The Kier molecular flexibility index (Phi) is 5.63. The van der Waals surface area contributed by atoms with Gasteiger partial charge in [-0.25, -0.2) is 4.79 Å². The molecule has 0 aliphatic rings. The fourth-order valence-corrected chi connectivity index (χ4v) is 1.58. The van der Waals surface area contributed by atoms with Crippen LogP contribution >= 0.6 is 0 Å². The molecule has 0 bridgehead atoms. The van der Waals surface area contributed by atoms with Crippen LogP contribution in [-0.2, 0) is 9.47 Å². The first kappa shape index (κ1) is 15.3. The van der Waals surface area contributed by atoms with Gasteiger partial charge in [0, 0.05) is 12.8 Å². The van der Waals surface area contributed by atoms with Crippen molar-refractivity contribution in [2.24, 2.45) is 0 Å². The van der Waals surface area contributed by atoms with E-state index in [-0.39, 0.29) is 12.2 Å². The number of rotatable bonds is 6. The van der Waals surface area contributed by atoms with Gasteiger partial charge in [-0.1, -0.05) is 0 Å². The molecule has 1 rings (SSSR count). The van der Waals surface area contributed by atoms with Gasteiger partial charge in [-0.2, -0.15) is 0 Å². The van der Waals surface area contributed by atoms with Crippen LogP contribution in [0.4, 0.5) is 5.69 Å². The minimum absolute atomic E-state index is 0.0356. The maximum atomic E-state index is 12.1. The molecule has 0 saturated carbocycles. The number of carbonyl (C=O) groups excluding carboxylic acids is 1. The molecule has 1 aromatic carbocycles. The summed E-state index contributed by atoms with van der Waals surface area (Å²) in [4.78, 5) is 12.1. The monoisotopic (exact) mass is 267 g/mol. The minimum atomic E-state index is -0.465. The quantitative estimate of drug-likeness (QED) is 0.632. The van der Waals surface area contributed by atoms with Crippen molar-refractivity contribution in [3.8, 4) is 5.75 Å². The Bertz CT molecular complexity index is 431. The molecule has 1 aromatic rings. The number of nitrogen functional groups attached to an aromatic ring is 1. The third kappa shape index (κ3) is 4.79. The number of hydrogen-bond acceptors (Lipinski definition) is 5. The van der Waals surface area contributed by atoms with E-state index in [2.05, 4.69) is 0 Å². The number of carbonyl (C=O) groups is 1. The van der Waals surface area contributed by atoms with Crippen LogP contribution in [-0.4, -0.2) is 31.9 Å². The van der Waals surface area contributed by atoms with Gasteiger partial charge in [0.15, 0.2) is 0 Å². The van der Waals surface area contributed by atoms with Gasteiger partial charge < -0.3 is 19.9 Å². The Morgan fingerprint density at radius 1 is 1.32 bits per heavy atom. The summed E-state index contributed by atoms with van der Waals surface area (Å²) in [6.07, 6.45) is -0.364. The maximum absolute atomic E-state index is 12.1. The summed E-state index contributed by atoms with van der Waals surface area (Å²) in [5.74, 6) is 0.00585. The van der Waals surface area contributed by atoms with Crippen LogP contribution in [0.5, 0.6) is 5.75 Å². The molecule has 0 aromatic heterocycles. The molecule has 5 heteroatoms. The molecule has 19 heavy (non-hydrogen) atoms. The van der Waals surface area contributed by atoms with E-state index in [1.807, 2.05) is 13.8 Å². The summed E-state index contributed by atoms with van der Waals surface area (Å²) in [6.45, 7) is 5.88. The fourth-order valence-electron chi connectivity index (χ4n) is 1.58. The summed E-state index contributed by atoms with van der Waals surface area (Å²) >= 11 is 0. The molecule has 0 amide bonds. The number of benzene rings is 1. The molecule has 106 valence electrons. The largest absolute Gasteiger partial charge is 0.490 e. The number of anilines is 1. The number of methoxy groups -OCH3 is 1. The molecule has 5 nitrogen and oxygen atoms in total. The number of esters is 1. The van der Waals surface area contributed by atoms with Crippen molar-refractivity contribution in [3.63, 3.8) is 0 Å². The lowest BCUT2D eigenvalue weighted by molar-refractivity contribution is 0.0116. The van der Waals surface area contributed by atoms with E-state index in [9.17, 15) is 4.79 Å². The highest BCUT2D eigenvalue weighted by Gasteiger charge is 2.18. The molecule has 0 spiro atoms. The van der Waals surface area contributed by atoms with E-state index < -0.39 is 5.97 Å². The molecule has 0 fully saturated rings. The second-order valence-corrected chi connectivity index (χ2v) is 4.59. The maximum Gasteiger partial charge on any atom is 0.342 e. The Labute approximate surface area is 113 Å². The van der Waals surface area contributed by atoms with Gasteiger partial charge in [0.2, 0.25) is 0 Å². The Morgan fingerprint density at radius 2 is 2.00 bits per heavy atom. The summed E-state index contributed by atoms with van der Waals surface area (Å²) in [5.41, 5.74) is 6.52. The second-order valence-electron chi connectivity index (χ2n) is 4.59. The van der Waals surface area contributed by atoms with Crippen molar-refractivity contribution < 1.29 is 19.0 Å². The average Bonchev–Trinajstić information content (AvgIpc) is 2.31. The SMILES string of the molecule is COCC(C)OC(=O)c1cc(N)ccc1OC(C)C. The van der Waals surface area contributed by atoms with Gasteiger partial charge in [0.05, 0.1) is 12.7 Å². The average molecular weight is 267 g/mol. The van der Waals surface area contributed by atoms with Crippen molar-refractivity contribution in [3.05, 3.63) is 23.8 Å². The highest BCUT2D eigenvalue weighted by Crippen LogP contribution is 2.24. The van der Waals surface area contributed by atoms with Crippen molar-refractivity contribution >= 4 is 11.7 Å². The second kappa shape index (κ2) is 6.99. The molecular weight excluding hydrogens is 246 g/mol. The van der Waals surface area contributed by atoms with Crippen LogP contribution in [0.1, 0.15) is 31.1 Å². The summed E-state index contributed by atoms with van der Waals surface area (Å²) in [7, 11) is 1.55. The molecule has 1 unspecified atom stereocenters. The first-order valence-electron chi connectivity index (χ1n) is 6.20. The van der Waals surface area contributed by atoms with E-state index in [1.165, 1.54) is 0 Å². The minimum Gasteiger partial charge on any atom is -0.490 e. The van der Waals surface area contributed by atoms with Gasteiger partial charge >= 0.3 is 5.97 Å². The normalized spacial score (nSPS) is 12.3. The zero-order valence-electron chi connectivity index (χ0n) is 11.8. The summed E-state index contributed by atoms with van der Waals surface area (Å²) < 4.78 is 15.8. The lowest BCUT2D eigenvalue weighted by atomic mass is 10.1. The van der Waals surface area contributed by atoms with Gasteiger partial charge in [0.25, 0.3) is 0 Å². The van der Waals surface area contributed by atoms with Crippen LogP contribution in [0.2, 0.25) is 0 Å². The predicted molar refractivity (Wildman–Crippen MR) is 73.4 cm³/mol. The first-order chi connectivity index (χ1) is 8.93. The van der Waals surface area contributed by atoms with Crippen LogP contribution in [0.3, 0.4) is 0 Å². The van der Waals surface area contributed by atoms with E-state index in [1.54, 1.807) is 32.2 Å². The highest BCUT2D eigenvalue weighted by atomic mass is 16.6. The van der Waals surface area contributed by atoms with Gasteiger partial charge in [0.1, 0.15) is 17.4 Å². The smallest absolute Gasteiger partial charge is 0.342 e. The topological polar surface area (TPSA) is 70.8 Å². The molecule has 0 aliphatic carbocycles. The molecule has 2 N–H and O–H groups in total. The number of hydrogen-bond donors (Lipinski definition) is 1. The zero-order valence-corrected chi connectivity index (χ0v) is 11.8. The molecule has 0 heterocycles. The van der Waals surface area contributed by atoms with Gasteiger partial charge in [-0.15, -0.1) is 0 Å².